The van der Waals surface area contributed by atoms with Crippen molar-refractivity contribution in [3.63, 3.8) is 0 Å². The number of likely N-dealkylation sites (tertiary alicyclic amines) is 1. The Morgan fingerprint density at radius 1 is 1.08 bits per heavy atom. The summed E-state index contributed by atoms with van der Waals surface area (Å²) < 4.78 is 41.1. The number of hydrogen-bond acceptors (Lipinski definition) is 4. The number of carbonyl (C=O) groups is 2. The fourth-order valence-corrected chi connectivity index (χ4v) is 5.26. The molecule has 36 heavy (non-hydrogen) atoms. The van der Waals surface area contributed by atoms with Crippen LogP contribution in [-0.2, 0) is 15.8 Å². The molecule has 2 aromatic carbocycles. The van der Waals surface area contributed by atoms with E-state index in [1.165, 1.54) is 11.0 Å². The molecule has 1 fully saturated rings. The predicted molar refractivity (Wildman–Crippen MR) is 129 cm³/mol. The number of rotatable bonds is 6. The van der Waals surface area contributed by atoms with Gasteiger partial charge in [0.2, 0.25) is 5.91 Å². The zero-order chi connectivity index (χ0) is 25.4. The molecular formula is C27H27F3N4O2. The second-order valence-electron chi connectivity index (χ2n) is 9.52. The van der Waals surface area contributed by atoms with Gasteiger partial charge in [0.15, 0.2) is 0 Å². The first kappa shape index (κ1) is 24.1. The van der Waals surface area contributed by atoms with Crippen LogP contribution in [0.2, 0.25) is 0 Å². The van der Waals surface area contributed by atoms with E-state index in [4.69, 9.17) is 0 Å². The van der Waals surface area contributed by atoms with Gasteiger partial charge in [-0.15, -0.1) is 0 Å². The number of benzene rings is 2. The largest absolute Gasteiger partial charge is 0.416 e. The number of anilines is 1. The maximum Gasteiger partial charge on any atom is 0.416 e. The smallest absolute Gasteiger partial charge is 0.365 e. The van der Waals surface area contributed by atoms with E-state index in [-0.39, 0.29) is 30.2 Å². The van der Waals surface area contributed by atoms with Gasteiger partial charge in [0, 0.05) is 43.7 Å². The third kappa shape index (κ3) is 4.62. The van der Waals surface area contributed by atoms with Crippen molar-refractivity contribution in [2.24, 2.45) is 5.92 Å². The summed E-state index contributed by atoms with van der Waals surface area (Å²) in [5.41, 5.74) is 2.85. The Bertz CT molecular complexity index is 1280. The molecule has 1 saturated heterocycles. The summed E-state index contributed by atoms with van der Waals surface area (Å²) in [5.74, 6) is -0.0897. The van der Waals surface area contributed by atoms with Crippen molar-refractivity contribution in [2.45, 2.75) is 31.5 Å². The molecule has 1 unspecified atom stereocenters. The van der Waals surface area contributed by atoms with Crippen LogP contribution in [0.1, 0.15) is 36.4 Å². The second-order valence-corrected chi connectivity index (χ2v) is 9.52. The summed E-state index contributed by atoms with van der Waals surface area (Å²) in [6, 6.07) is 13.0. The van der Waals surface area contributed by atoms with Crippen molar-refractivity contribution >= 4 is 17.4 Å². The molecule has 188 valence electrons. The number of nitrogens with zero attached hydrogens (tertiary/aromatic N) is 4. The molecule has 2 aliphatic heterocycles. The van der Waals surface area contributed by atoms with Gasteiger partial charge in [-0.25, -0.2) is 4.98 Å². The minimum atomic E-state index is -4.44. The van der Waals surface area contributed by atoms with Crippen molar-refractivity contribution < 1.29 is 22.8 Å². The van der Waals surface area contributed by atoms with Gasteiger partial charge in [0.1, 0.15) is 5.78 Å². The zero-order valence-electron chi connectivity index (χ0n) is 19.9. The van der Waals surface area contributed by atoms with Gasteiger partial charge >= 0.3 is 6.18 Å². The van der Waals surface area contributed by atoms with Crippen LogP contribution in [0, 0.1) is 5.92 Å². The quantitative estimate of drug-likeness (QED) is 0.492. The van der Waals surface area contributed by atoms with Gasteiger partial charge in [0.25, 0.3) is 0 Å². The third-order valence-electron chi connectivity index (χ3n) is 7.28. The van der Waals surface area contributed by atoms with Gasteiger partial charge in [-0.3, -0.25) is 9.59 Å². The number of Topliss-reactive ketones (excluding diaryl/α,β-unsaturated/α-hetero) is 1. The van der Waals surface area contributed by atoms with E-state index in [1.807, 2.05) is 24.4 Å². The maximum atomic E-state index is 13.2. The molecular weight excluding hydrogens is 469 g/mol. The van der Waals surface area contributed by atoms with Gasteiger partial charge in [-0.1, -0.05) is 30.3 Å². The molecule has 3 heterocycles. The molecule has 1 aromatic heterocycles. The van der Waals surface area contributed by atoms with Crippen LogP contribution >= 0.6 is 0 Å². The van der Waals surface area contributed by atoms with Gasteiger partial charge in [-0.2, -0.15) is 13.2 Å². The second kappa shape index (κ2) is 9.44. The number of carbonyl (C=O) groups excluding carboxylic acids is 2. The van der Waals surface area contributed by atoms with E-state index in [1.54, 1.807) is 24.3 Å². The number of piperidine rings is 1. The number of amides is 1. The number of aromatic nitrogens is 2. The average Bonchev–Trinajstić information content (AvgIpc) is 3.46. The molecule has 0 aliphatic carbocycles. The summed E-state index contributed by atoms with van der Waals surface area (Å²) in [7, 11) is 1.60. The van der Waals surface area contributed by atoms with E-state index in [2.05, 4.69) is 15.6 Å². The molecule has 1 amide bonds. The molecule has 3 aromatic rings. The number of ketones is 1. The highest BCUT2D eigenvalue weighted by Gasteiger charge is 2.34. The zero-order valence-corrected chi connectivity index (χ0v) is 19.9. The normalized spacial score (nSPS) is 17.6. The number of fused-ring (bicyclic) bond motifs is 3. The molecule has 1 atom stereocenters. The van der Waals surface area contributed by atoms with Crippen LogP contribution < -0.4 is 4.90 Å². The van der Waals surface area contributed by atoms with Crippen LogP contribution in [0.25, 0.3) is 11.3 Å². The molecule has 0 bridgehead atoms. The Labute approximate surface area is 207 Å². The number of halogens is 3. The Kier molecular flexibility index (Phi) is 6.32. The van der Waals surface area contributed by atoms with Crippen molar-refractivity contribution in [2.75, 3.05) is 31.6 Å². The Morgan fingerprint density at radius 3 is 2.58 bits per heavy atom. The van der Waals surface area contributed by atoms with Crippen LogP contribution in [-0.4, -0.2) is 52.8 Å². The lowest BCUT2D eigenvalue weighted by atomic mass is 9.87. The summed E-state index contributed by atoms with van der Waals surface area (Å²) in [6.07, 6.45) is 0.720. The first-order valence-corrected chi connectivity index (χ1v) is 12.0. The summed E-state index contributed by atoms with van der Waals surface area (Å²) in [4.78, 5) is 33.5. The molecule has 9 heteroatoms. The topological polar surface area (TPSA) is 58.4 Å². The van der Waals surface area contributed by atoms with Crippen molar-refractivity contribution in [3.05, 3.63) is 72.2 Å². The number of alkyl halides is 3. The summed E-state index contributed by atoms with van der Waals surface area (Å²) >= 11 is 0. The van der Waals surface area contributed by atoms with Crippen LogP contribution in [0.15, 0.2) is 61.1 Å². The van der Waals surface area contributed by atoms with E-state index < -0.39 is 11.7 Å². The fraction of sp³-hybridized carbons (Fsp3) is 0.370. The summed E-state index contributed by atoms with van der Waals surface area (Å²) in [6.45, 7) is 0.898. The molecule has 0 saturated carbocycles. The van der Waals surface area contributed by atoms with Crippen molar-refractivity contribution in [3.8, 4) is 11.3 Å². The third-order valence-corrected chi connectivity index (χ3v) is 7.28. The molecule has 5 rings (SSSR count). The molecule has 2 aliphatic rings. The Morgan fingerprint density at radius 2 is 1.83 bits per heavy atom. The SMILES string of the molecule is CN(CC(=O)N1CCC(C(=O)CC2c3ccccc3-c3cncn32)CC1)c1cccc(C(F)(F)F)c1. The van der Waals surface area contributed by atoms with E-state index in [0.717, 1.165) is 29.0 Å². The van der Waals surface area contributed by atoms with Crippen molar-refractivity contribution in [1.29, 1.82) is 0 Å². The molecule has 6 nitrogen and oxygen atoms in total. The van der Waals surface area contributed by atoms with E-state index >= 15 is 0 Å². The van der Waals surface area contributed by atoms with Crippen LogP contribution in [0.4, 0.5) is 18.9 Å². The lowest BCUT2D eigenvalue weighted by molar-refractivity contribution is -0.137. The average molecular weight is 497 g/mol. The maximum absolute atomic E-state index is 13.2. The Balaban J connectivity index is 1.16. The van der Waals surface area contributed by atoms with E-state index in [0.29, 0.717) is 38.0 Å². The first-order chi connectivity index (χ1) is 17.2. The number of imidazole rings is 1. The lowest BCUT2D eigenvalue weighted by Gasteiger charge is -2.33. The van der Waals surface area contributed by atoms with Gasteiger partial charge in [0.05, 0.1) is 36.4 Å². The summed E-state index contributed by atoms with van der Waals surface area (Å²) in [5, 5.41) is 0. The number of likely N-dealkylation sites (N-methyl/N-ethyl adjacent to an activating group) is 1. The standard InChI is InChI=1S/C27H27F3N4O2/c1-32(20-6-4-5-19(13-20)27(28,29)30)16-26(36)33-11-9-18(10-12-33)25(35)14-23-21-7-2-3-8-22(21)24-15-31-17-34(23)24/h2-8,13,15,17-18,23H,9-12,14,16H2,1H3. The Hall–Kier alpha value is -3.62. The first-order valence-electron chi connectivity index (χ1n) is 12.0. The van der Waals surface area contributed by atoms with Gasteiger partial charge in [-0.05, 0) is 36.6 Å². The molecule has 0 radical (unpaired) electrons. The fourth-order valence-electron chi connectivity index (χ4n) is 5.26. The highest BCUT2D eigenvalue weighted by atomic mass is 19.4. The minimum absolute atomic E-state index is 0.0256. The van der Waals surface area contributed by atoms with E-state index in [9.17, 15) is 22.8 Å². The van der Waals surface area contributed by atoms with Crippen molar-refractivity contribution in [1.82, 2.24) is 14.5 Å². The molecule has 0 N–H and O–H groups in total. The van der Waals surface area contributed by atoms with Crippen LogP contribution in [0.3, 0.4) is 0 Å². The monoisotopic (exact) mass is 496 g/mol. The highest BCUT2D eigenvalue weighted by molar-refractivity contribution is 5.85. The minimum Gasteiger partial charge on any atom is -0.365 e. The van der Waals surface area contributed by atoms with Gasteiger partial charge < -0.3 is 14.4 Å². The molecule has 0 spiro atoms. The highest BCUT2D eigenvalue weighted by Crippen LogP contribution is 2.41. The lowest BCUT2D eigenvalue weighted by Crippen LogP contribution is -2.44. The predicted octanol–water partition coefficient (Wildman–Crippen LogP) is 4.81. The van der Waals surface area contributed by atoms with Crippen LogP contribution in [0.5, 0.6) is 0 Å². The number of hydrogen-bond donors (Lipinski definition) is 0.